The Balaban J connectivity index is 3.45. The Morgan fingerprint density at radius 3 is 1.67 bits per heavy atom. The summed E-state index contributed by atoms with van der Waals surface area (Å²) in [6.07, 6.45) is 0. The van der Waals surface area contributed by atoms with Gasteiger partial charge in [-0.2, -0.15) is 0 Å². The first-order chi connectivity index (χ1) is 8.35. The van der Waals surface area contributed by atoms with Crippen LogP contribution in [0.4, 0.5) is 0 Å². The van der Waals surface area contributed by atoms with Crippen LogP contribution in [-0.4, -0.2) is 26.5 Å². The molecule has 0 amide bonds. The predicted molar refractivity (Wildman–Crippen MR) is 73.1 cm³/mol. The molecule has 0 saturated heterocycles. The van der Waals surface area contributed by atoms with Gasteiger partial charge >= 0.3 is 7.80 Å². The maximum absolute atomic E-state index is 12.6. The van der Waals surface area contributed by atoms with Crippen LogP contribution in [-0.2, 0) is 4.57 Å². The first-order valence-electron chi connectivity index (χ1n) is 5.62. The summed E-state index contributed by atoms with van der Waals surface area (Å²) in [5.74, 6) is 1.68. The van der Waals surface area contributed by atoms with Crippen molar-refractivity contribution in [1.82, 2.24) is 0 Å². The van der Waals surface area contributed by atoms with Gasteiger partial charge in [-0.15, -0.1) is 0 Å². The Labute approximate surface area is 109 Å². The summed E-state index contributed by atoms with van der Waals surface area (Å²) in [5.41, 5.74) is 0. The molecule has 0 aliphatic heterocycles. The molecular weight excluding hydrogens is 251 g/mol. The van der Waals surface area contributed by atoms with Crippen LogP contribution in [0.15, 0.2) is 12.1 Å². The van der Waals surface area contributed by atoms with Gasteiger partial charge < -0.3 is 14.2 Å². The first kappa shape index (κ1) is 14.8. The van der Waals surface area contributed by atoms with E-state index in [1.165, 1.54) is 0 Å². The van der Waals surface area contributed by atoms with Crippen LogP contribution >= 0.6 is 7.80 Å². The molecule has 0 saturated carbocycles. The van der Waals surface area contributed by atoms with Gasteiger partial charge in [0.05, 0.1) is 21.3 Å². The molecule has 0 spiro atoms. The number of rotatable bonds is 4. The molecule has 0 aliphatic carbocycles. The van der Waals surface area contributed by atoms with E-state index in [0.29, 0.717) is 22.6 Å². The number of ether oxygens (including phenoxy) is 3. The van der Waals surface area contributed by atoms with Gasteiger partial charge in [-0.25, -0.2) is 0 Å². The predicted octanol–water partition coefficient (Wildman–Crippen LogP) is 2.96. The molecule has 0 heterocycles. The SMILES string of the molecule is COc1cc(OC)c([P+](=O)C(C)(C)C)c(OC)c1. The molecule has 0 aliphatic rings. The van der Waals surface area contributed by atoms with Crippen LogP contribution in [0, 0.1) is 0 Å². The quantitative estimate of drug-likeness (QED) is 0.790. The average Bonchev–Trinajstić information content (AvgIpc) is 2.34. The van der Waals surface area contributed by atoms with Crippen molar-refractivity contribution in [2.75, 3.05) is 21.3 Å². The van der Waals surface area contributed by atoms with Crippen molar-refractivity contribution in [1.29, 1.82) is 0 Å². The van der Waals surface area contributed by atoms with Crippen molar-refractivity contribution >= 4 is 13.1 Å². The van der Waals surface area contributed by atoms with E-state index < -0.39 is 7.80 Å². The van der Waals surface area contributed by atoms with E-state index in [1.54, 1.807) is 33.5 Å². The maximum atomic E-state index is 12.6. The molecule has 1 unspecified atom stereocenters. The molecule has 1 rings (SSSR count). The average molecular weight is 271 g/mol. The molecule has 1 atom stereocenters. The fourth-order valence-corrected chi connectivity index (χ4v) is 2.91. The molecule has 4 nitrogen and oxygen atoms in total. The molecule has 5 heteroatoms. The van der Waals surface area contributed by atoms with Crippen LogP contribution in [0.25, 0.3) is 0 Å². The summed E-state index contributed by atoms with van der Waals surface area (Å²) in [6, 6.07) is 3.44. The molecule has 1 aromatic carbocycles. The van der Waals surface area contributed by atoms with E-state index in [9.17, 15) is 4.57 Å². The first-order valence-corrected chi connectivity index (χ1v) is 6.88. The van der Waals surface area contributed by atoms with Crippen molar-refractivity contribution in [3.05, 3.63) is 12.1 Å². The third-order valence-electron chi connectivity index (χ3n) is 2.50. The summed E-state index contributed by atoms with van der Waals surface area (Å²) >= 11 is 0. The molecular formula is C13H20O4P+. The number of methoxy groups -OCH3 is 3. The van der Waals surface area contributed by atoms with E-state index in [0.717, 1.165) is 0 Å². The molecule has 0 fully saturated rings. The minimum atomic E-state index is -1.64. The van der Waals surface area contributed by atoms with Crippen LogP contribution in [0.1, 0.15) is 20.8 Å². The molecule has 0 bridgehead atoms. The lowest BCUT2D eigenvalue weighted by molar-refractivity contribution is 0.379. The van der Waals surface area contributed by atoms with Crippen molar-refractivity contribution in [3.8, 4) is 17.2 Å². The summed E-state index contributed by atoms with van der Waals surface area (Å²) in [7, 11) is 3.01. The molecule has 0 radical (unpaired) electrons. The minimum absolute atomic E-state index is 0.357. The van der Waals surface area contributed by atoms with Gasteiger partial charge in [0.25, 0.3) is 5.30 Å². The summed E-state index contributed by atoms with van der Waals surface area (Å²) in [5, 5.41) is 0.244. The van der Waals surface area contributed by atoms with Crippen LogP contribution in [0.2, 0.25) is 0 Å². The third-order valence-corrected chi connectivity index (χ3v) is 4.57. The summed E-state index contributed by atoms with van der Waals surface area (Å²) in [4.78, 5) is 0. The van der Waals surface area contributed by atoms with E-state index in [4.69, 9.17) is 14.2 Å². The van der Waals surface area contributed by atoms with Gasteiger partial charge in [-0.1, -0.05) is 4.57 Å². The van der Waals surface area contributed by atoms with Gasteiger partial charge in [0.15, 0.2) is 16.7 Å². The highest BCUT2D eigenvalue weighted by molar-refractivity contribution is 7.55. The lowest BCUT2D eigenvalue weighted by atomic mass is 10.2. The van der Waals surface area contributed by atoms with Crippen LogP contribution < -0.4 is 19.5 Å². The smallest absolute Gasteiger partial charge is 0.390 e. The fourth-order valence-electron chi connectivity index (χ4n) is 1.52. The highest BCUT2D eigenvalue weighted by Gasteiger charge is 2.42. The lowest BCUT2D eigenvalue weighted by Gasteiger charge is -2.12. The molecule has 0 N–H and O–H groups in total. The van der Waals surface area contributed by atoms with Gasteiger partial charge in [0.1, 0.15) is 5.75 Å². The topological polar surface area (TPSA) is 44.8 Å². The van der Waals surface area contributed by atoms with Gasteiger partial charge in [0, 0.05) is 12.1 Å². The number of benzene rings is 1. The minimum Gasteiger partial charge on any atom is -0.496 e. The fraction of sp³-hybridized carbons (Fsp3) is 0.538. The monoisotopic (exact) mass is 271 g/mol. The van der Waals surface area contributed by atoms with Crippen LogP contribution in [0.3, 0.4) is 0 Å². The van der Waals surface area contributed by atoms with E-state index in [1.807, 2.05) is 20.8 Å². The lowest BCUT2D eigenvalue weighted by Crippen LogP contribution is -2.18. The number of hydrogen-bond donors (Lipinski definition) is 0. The maximum Gasteiger partial charge on any atom is 0.390 e. The summed E-state index contributed by atoms with van der Waals surface area (Å²) in [6.45, 7) is 5.78. The summed E-state index contributed by atoms with van der Waals surface area (Å²) < 4.78 is 28.3. The van der Waals surface area contributed by atoms with E-state index >= 15 is 0 Å². The second-order valence-electron chi connectivity index (χ2n) is 4.85. The standard InChI is InChI=1S/C13H20O4P/c1-13(2,3)18(14)12-10(16-5)7-9(15-4)8-11(12)17-6/h7-8H,1-6H3/q+1. The van der Waals surface area contributed by atoms with Crippen molar-refractivity contribution in [2.24, 2.45) is 0 Å². The zero-order chi connectivity index (χ0) is 13.9. The molecule has 18 heavy (non-hydrogen) atoms. The van der Waals surface area contributed by atoms with Crippen molar-refractivity contribution in [2.45, 2.75) is 25.9 Å². The Hall–Kier alpha value is -1.28. The second kappa shape index (κ2) is 5.57. The zero-order valence-corrected chi connectivity index (χ0v) is 12.6. The molecule has 0 aromatic heterocycles. The zero-order valence-electron chi connectivity index (χ0n) is 11.7. The third kappa shape index (κ3) is 2.94. The Bertz CT molecular complexity index is 424. The van der Waals surface area contributed by atoms with E-state index in [2.05, 4.69) is 0 Å². The van der Waals surface area contributed by atoms with E-state index in [-0.39, 0.29) is 5.16 Å². The second-order valence-corrected chi connectivity index (χ2v) is 7.22. The highest BCUT2D eigenvalue weighted by atomic mass is 31.1. The molecule has 1 aromatic rings. The number of hydrogen-bond acceptors (Lipinski definition) is 4. The molecule has 100 valence electrons. The normalized spacial score (nSPS) is 12.0. The Morgan fingerprint density at radius 2 is 1.39 bits per heavy atom. The Kier molecular flexibility index (Phi) is 4.58. The van der Waals surface area contributed by atoms with Gasteiger partial charge in [0.2, 0.25) is 0 Å². The van der Waals surface area contributed by atoms with Gasteiger partial charge in [-0.05, 0) is 20.8 Å². The largest absolute Gasteiger partial charge is 0.496 e. The van der Waals surface area contributed by atoms with Crippen molar-refractivity contribution < 1.29 is 18.8 Å². The van der Waals surface area contributed by atoms with Gasteiger partial charge in [-0.3, -0.25) is 0 Å². The van der Waals surface area contributed by atoms with Crippen molar-refractivity contribution in [3.63, 3.8) is 0 Å². The Morgan fingerprint density at radius 1 is 0.944 bits per heavy atom. The highest BCUT2D eigenvalue weighted by Crippen LogP contribution is 2.44. The van der Waals surface area contributed by atoms with Crippen LogP contribution in [0.5, 0.6) is 17.2 Å².